The van der Waals surface area contributed by atoms with Crippen LogP contribution in [0.1, 0.15) is 41.9 Å². The van der Waals surface area contributed by atoms with Crippen LogP contribution in [0.3, 0.4) is 0 Å². The summed E-state index contributed by atoms with van der Waals surface area (Å²) in [5.74, 6) is 0.660. The summed E-state index contributed by atoms with van der Waals surface area (Å²) in [5, 5.41) is 3.04. The molecule has 26 heavy (non-hydrogen) atoms. The molecule has 0 spiro atoms. The maximum Gasteiger partial charge on any atom is 0.318 e. The van der Waals surface area contributed by atoms with Gasteiger partial charge in [-0.15, -0.1) is 0 Å². The Labute approximate surface area is 155 Å². The molecule has 2 amide bonds. The van der Waals surface area contributed by atoms with Crippen molar-refractivity contribution in [2.24, 2.45) is 0 Å². The highest BCUT2D eigenvalue weighted by atomic mass is 16.2. The number of anilines is 1. The summed E-state index contributed by atoms with van der Waals surface area (Å²) in [6.45, 7) is 5.21. The van der Waals surface area contributed by atoms with Gasteiger partial charge in [-0.25, -0.2) is 14.8 Å². The molecule has 0 saturated heterocycles. The quantitative estimate of drug-likeness (QED) is 0.918. The van der Waals surface area contributed by atoms with E-state index < -0.39 is 0 Å². The predicted molar refractivity (Wildman–Crippen MR) is 103 cm³/mol. The van der Waals surface area contributed by atoms with Crippen LogP contribution >= 0.6 is 0 Å². The number of fused-ring (bicyclic) bond motifs is 1. The predicted octanol–water partition coefficient (Wildman–Crippen LogP) is 3.07. The summed E-state index contributed by atoms with van der Waals surface area (Å²) in [5.41, 5.74) is 4.33. The first-order valence-corrected chi connectivity index (χ1v) is 9.13. The molecule has 0 saturated carbocycles. The number of benzene rings is 1. The van der Waals surface area contributed by atoms with E-state index in [0.717, 1.165) is 30.8 Å². The molecule has 1 aromatic carbocycles. The number of nitrogens with one attached hydrogen (secondary N) is 1. The second kappa shape index (κ2) is 7.72. The molecule has 138 valence electrons. The fraction of sp³-hybridized carbons (Fsp3) is 0.450. The Balaban J connectivity index is 1.71. The molecule has 6 heteroatoms. The van der Waals surface area contributed by atoms with E-state index in [1.54, 1.807) is 0 Å². The van der Waals surface area contributed by atoms with Crippen molar-refractivity contribution in [3.8, 4) is 0 Å². The highest BCUT2D eigenvalue weighted by Gasteiger charge is 2.29. The average molecular weight is 353 g/mol. The Morgan fingerprint density at radius 1 is 1.31 bits per heavy atom. The second-order valence-corrected chi connectivity index (χ2v) is 6.92. The number of hydrogen-bond donors (Lipinski definition) is 1. The van der Waals surface area contributed by atoms with Gasteiger partial charge in [0.25, 0.3) is 0 Å². The lowest BCUT2D eigenvalue weighted by Crippen LogP contribution is -2.45. The van der Waals surface area contributed by atoms with E-state index in [9.17, 15) is 4.79 Å². The Bertz CT molecular complexity index is 790. The van der Waals surface area contributed by atoms with Gasteiger partial charge in [0.15, 0.2) is 0 Å². The van der Waals surface area contributed by atoms with Crippen LogP contribution in [0, 0.1) is 6.92 Å². The monoisotopic (exact) mass is 353 g/mol. The molecular formula is C20H27N5O. The fourth-order valence-electron chi connectivity index (χ4n) is 3.51. The maximum absolute atomic E-state index is 12.8. The first-order valence-electron chi connectivity index (χ1n) is 9.13. The maximum atomic E-state index is 12.8. The van der Waals surface area contributed by atoms with E-state index in [0.29, 0.717) is 12.5 Å². The summed E-state index contributed by atoms with van der Waals surface area (Å²) >= 11 is 0. The molecule has 1 aliphatic heterocycles. The van der Waals surface area contributed by atoms with Crippen molar-refractivity contribution >= 4 is 12.0 Å². The molecule has 2 aromatic rings. The molecule has 1 N–H and O–H groups in total. The third-order valence-electron chi connectivity index (χ3n) is 4.78. The molecule has 0 unspecified atom stereocenters. The van der Waals surface area contributed by atoms with Gasteiger partial charge in [0.2, 0.25) is 5.95 Å². The Hall–Kier alpha value is -2.63. The van der Waals surface area contributed by atoms with Crippen LogP contribution in [0.15, 0.2) is 30.3 Å². The molecule has 0 aliphatic carbocycles. The van der Waals surface area contributed by atoms with Crippen LogP contribution in [0.4, 0.5) is 10.7 Å². The van der Waals surface area contributed by atoms with Crippen molar-refractivity contribution in [1.29, 1.82) is 0 Å². The van der Waals surface area contributed by atoms with Gasteiger partial charge < -0.3 is 15.1 Å². The Kier molecular flexibility index (Phi) is 5.40. The van der Waals surface area contributed by atoms with Gasteiger partial charge in [-0.3, -0.25) is 0 Å². The fourth-order valence-corrected chi connectivity index (χ4v) is 3.51. The summed E-state index contributed by atoms with van der Waals surface area (Å²) in [6.07, 6.45) is 1.80. The minimum atomic E-state index is -0.0333. The Morgan fingerprint density at radius 3 is 2.81 bits per heavy atom. The molecular weight excluding hydrogens is 326 g/mol. The molecule has 0 bridgehead atoms. The van der Waals surface area contributed by atoms with E-state index in [4.69, 9.17) is 0 Å². The molecule has 6 nitrogen and oxygen atoms in total. The number of aryl methyl sites for hydroxylation is 1. The zero-order chi connectivity index (χ0) is 18.7. The number of carbonyl (C=O) groups excluding carboxylic acids is 1. The van der Waals surface area contributed by atoms with Gasteiger partial charge in [-0.1, -0.05) is 31.2 Å². The first kappa shape index (κ1) is 18.2. The zero-order valence-corrected chi connectivity index (χ0v) is 16.0. The topological polar surface area (TPSA) is 61.4 Å². The van der Waals surface area contributed by atoms with Crippen LogP contribution in [0.2, 0.25) is 0 Å². The molecule has 3 rings (SSSR count). The van der Waals surface area contributed by atoms with E-state index in [1.165, 1.54) is 11.1 Å². The van der Waals surface area contributed by atoms with E-state index >= 15 is 0 Å². The Morgan fingerprint density at radius 2 is 2.08 bits per heavy atom. The van der Waals surface area contributed by atoms with Gasteiger partial charge in [-0.2, -0.15) is 0 Å². The minimum absolute atomic E-state index is 0.0333. The minimum Gasteiger partial charge on any atom is -0.347 e. The molecule has 1 atom stereocenters. The third kappa shape index (κ3) is 3.79. The number of rotatable bonds is 4. The first-order chi connectivity index (χ1) is 12.5. The van der Waals surface area contributed by atoms with Crippen LogP contribution in [0.5, 0.6) is 0 Å². The van der Waals surface area contributed by atoms with Crippen LogP contribution in [-0.4, -0.2) is 41.5 Å². The normalized spacial score (nSPS) is 16.2. The second-order valence-electron chi connectivity index (χ2n) is 6.92. The lowest BCUT2D eigenvalue weighted by molar-refractivity contribution is 0.166. The number of carbonyl (C=O) groups is 1. The van der Waals surface area contributed by atoms with Crippen LogP contribution in [0.25, 0.3) is 0 Å². The number of aromatic nitrogens is 2. The summed E-state index contributed by atoms with van der Waals surface area (Å²) in [4.78, 5) is 25.5. The van der Waals surface area contributed by atoms with E-state index in [-0.39, 0.29) is 12.1 Å². The van der Waals surface area contributed by atoms with Crippen LogP contribution < -0.4 is 10.2 Å². The lowest BCUT2D eigenvalue weighted by Gasteiger charge is -2.37. The van der Waals surface area contributed by atoms with Gasteiger partial charge in [0.05, 0.1) is 18.3 Å². The molecule has 2 heterocycles. The van der Waals surface area contributed by atoms with Gasteiger partial charge in [-0.05, 0) is 37.0 Å². The van der Waals surface area contributed by atoms with Gasteiger partial charge >= 0.3 is 6.03 Å². The lowest BCUT2D eigenvalue weighted by atomic mass is 9.91. The smallest absolute Gasteiger partial charge is 0.318 e. The average Bonchev–Trinajstić information content (AvgIpc) is 2.64. The molecule has 0 fully saturated rings. The highest BCUT2D eigenvalue weighted by molar-refractivity contribution is 5.75. The van der Waals surface area contributed by atoms with Crippen molar-refractivity contribution in [1.82, 2.24) is 20.2 Å². The summed E-state index contributed by atoms with van der Waals surface area (Å²) < 4.78 is 0. The standard InChI is InChI=1S/C20H27N5O/c1-5-18-17-9-7-6-8-15(17)10-11-25(18)20(26)21-13-16-12-14(2)22-19(23-16)24(3)4/h6-9,12,18H,5,10-11,13H2,1-4H3,(H,21,26)/t18-/m0/s1. The summed E-state index contributed by atoms with van der Waals surface area (Å²) in [7, 11) is 3.82. The van der Waals surface area contributed by atoms with Crippen molar-refractivity contribution < 1.29 is 4.79 Å². The molecule has 0 radical (unpaired) electrons. The van der Waals surface area contributed by atoms with Crippen molar-refractivity contribution in [3.63, 3.8) is 0 Å². The molecule has 1 aromatic heterocycles. The summed E-state index contributed by atoms with van der Waals surface area (Å²) in [6, 6.07) is 10.4. The van der Waals surface area contributed by atoms with E-state index in [2.05, 4.69) is 46.5 Å². The van der Waals surface area contributed by atoms with Gasteiger partial charge in [0.1, 0.15) is 0 Å². The number of hydrogen-bond acceptors (Lipinski definition) is 4. The largest absolute Gasteiger partial charge is 0.347 e. The van der Waals surface area contributed by atoms with Crippen LogP contribution in [-0.2, 0) is 13.0 Å². The van der Waals surface area contributed by atoms with Crippen molar-refractivity contribution in [2.45, 2.75) is 39.3 Å². The SMILES string of the molecule is CC[C@H]1c2ccccc2CCN1C(=O)NCc1cc(C)nc(N(C)C)n1. The molecule has 1 aliphatic rings. The highest BCUT2D eigenvalue weighted by Crippen LogP contribution is 2.31. The number of nitrogens with zero attached hydrogens (tertiary/aromatic N) is 4. The van der Waals surface area contributed by atoms with Crippen molar-refractivity contribution in [2.75, 3.05) is 25.5 Å². The third-order valence-corrected chi connectivity index (χ3v) is 4.78. The number of urea groups is 1. The zero-order valence-electron chi connectivity index (χ0n) is 16.0. The number of amides is 2. The van der Waals surface area contributed by atoms with Gasteiger partial charge in [0, 0.05) is 26.3 Å². The van der Waals surface area contributed by atoms with Crippen molar-refractivity contribution in [3.05, 3.63) is 52.8 Å². The van der Waals surface area contributed by atoms with E-state index in [1.807, 2.05) is 36.9 Å².